The van der Waals surface area contributed by atoms with Gasteiger partial charge in [0, 0.05) is 18.1 Å². The van der Waals surface area contributed by atoms with E-state index in [0.29, 0.717) is 12.0 Å². The minimum absolute atomic E-state index is 0.0426. The van der Waals surface area contributed by atoms with Gasteiger partial charge in [0.2, 0.25) is 0 Å². The topological polar surface area (TPSA) is 69.4 Å². The van der Waals surface area contributed by atoms with E-state index in [1.165, 1.54) is 6.07 Å². The van der Waals surface area contributed by atoms with Gasteiger partial charge in [-0.05, 0) is 27.2 Å². The van der Waals surface area contributed by atoms with Gasteiger partial charge in [0.25, 0.3) is 5.69 Å². The van der Waals surface area contributed by atoms with Crippen LogP contribution in [0, 0.1) is 10.1 Å². The van der Waals surface area contributed by atoms with Crippen LogP contribution in [-0.4, -0.2) is 16.5 Å². The highest BCUT2D eigenvalue weighted by Crippen LogP contribution is 2.19. The van der Waals surface area contributed by atoms with Crippen LogP contribution in [0.4, 0.5) is 5.69 Å². The van der Waals surface area contributed by atoms with Crippen LogP contribution in [-0.2, 0) is 16.0 Å². The van der Waals surface area contributed by atoms with Gasteiger partial charge in [-0.3, -0.25) is 14.9 Å². The van der Waals surface area contributed by atoms with Crippen LogP contribution < -0.4 is 0 Å². The van der Waals surface area contributed by atoms with E-state index in [-0.39, 0.29) is 18.1 Å². The average Bonchev–Trinajstić information content (AvgIpc) is 2.24. The summed E-state index contributed by atoms with van der Waals surface area (Å²) in [5, 5.41) is 10.8. The molecule has 5 nitrogen and oxygen atoms in total. The summed E-state index contributed by atoms with van der Waals surface area (Å²) in [5.74, 6) is -0.347. The van der Waals surface area contributed by atoms with Crippen LogP contribution in [0.1, 0.15) is 32.8 Å². The summed E-state index contributed by atoms with van der Waals surface area (Å²) in [4.78, 5) is 21.9. The maximum Gasteiger partial charge on any atom is 0.306 e. The van der Waals surface area contributed by atoms with Gasteiger partial charge >= 0.3 is 5.97 Å². The summed E-state index contributed by atoms with van der Waals surface area (Å²) in [6, 6.07) is 6.42. The Morgan fingerprint density at radius 3 is 2.50 bits per heavy atom. The molecule has 0 aliphatic carbocycles. The Kier molecular flexibility index (Phi) is 4.42. The fourth-order valence-electron chi connectivity index (χ4n) is 1.53. The zero-order valence-electron chi connectivity index (χ0n) is 10.8. The molecule has 0 unspecified atom stereocenters. The first-order chi connectivity index (χ1) is 8.29. The molecule has 0 bridgehead atoms. The molecule has 0 amide bonds. The van der Waals surface area contributed by atoms with Crippen LogP contribution in [0.15, 0.2) is 24.3 Å². The highest BCUT2D eigenvalue weighted by atomic mass is 16.6. The number of aryl methyl sites for hydroxylation is 1. The Hall–Kier alpha value is -1.91. The van der Waals surface area contributed by atoms with Crippen molar-refractivity contribution < 1.29 is 14.5 Å². The number of nitro benzene ring substituents is 1. The Bertz CT molecular complexity index is 449. The molecule has 1 aromatic rings. The second kappa shape index (κ2) is 5.62. The van der Waals surface area contributed by atoms with Crippen LogP contribution >= 0.6 is 0 Å². The Balaban J connectivity index is 2.64. The lowest BCUT2D eigenvalue weighted by Gasteiger charge is -2.19. The van der Waals surface area contributed by atoms with Crippen molar-refractivity contribution in [3.05, 3.63) is 39.9 Å². The van der Waals surface area contributed by atoms with Gasteiger partial charge in [0.05, 0.1) is 4.92 Å². The number of ether oxygens (including phenoxy) is 1. The predicted molar refractivity (Wildman–Crippen MR) is 67.3 cm³/mol. The molecule has 0 N–H and O–H groups in total. The maximum absolute atomic E-state index is 11.5. The quantitative estimate of drug-likeness (QED) is 0.468. The number of carbonyl (C=O) groups is 1. The Morgan fingerprint density at radius 2 is 1.94 bits per heavy atom. The van der Waals surface area contributed by atoms with E-state index in [4.69, 9.17) is 4.74 Å². The van der Waals surface area contributed by atoms with E-state index < -0.39 is 10.5 Å². The van der Waals surface area contributed by atoms with Crippen LogP contribution in [0.5, 0.6) is 0 Å². The molecule has 1 rings (SSSR count). The third-order valence-corrected chi connectivity index (χ3v) is 2.21. The van der Waals surface area contributed by atoms with Crippen LogP contribution in [0.3, 0.4) is 0 Å². The molecule has 0 fully saturated rings. The molecule has 0 saturated heterocycles. The summed E-state index contributed by atoms with van der Waals surface area (Å²) in [7, 11) is 0. The number of hydrogen-bond acceptors (Lipinski definition) is 4. The third-order valence-electron chi connectivity index (χ3n) is 2.21. The molecule has 0 aliphatic rings. The number of benzene rings is 1. The van der Waals surface area contributed by atoms with Gasteiger partial charge in [-0.1, -0.05) is 18.2 Å². The van der Waals surface area contributed by atoms with Crippen molar-refractivity contribution in [3.63, 3.8) is 0 Å². The van der Waals surface area contributed by atoms with Crippen molar-refractivity contribution in [1.82, 2.24) is 0 Å². The third kappa shape index (κ3) is 4.53. The number of hydrogen-bond donors (Lipinski definition) is 0. The van der Waals surface area contributed by atoms with Crippen molar-refractivity contribution >= 4 is 11.7 Å². The van der Waals surface area contributed by atoms with E-state index in [9.17, 15) is 14.9 Å². The first-order valence-corrected chi connectivity index (χ1v) is 5.74. The summed E-state index contributed by atoms with van der Waals surface area (Å²) >= 11 is 0. The van der Waals surface area contributed by atoms with E-state index in [1.807, 2.05) is 0 Å². The van der Waals surface area contributed by atoms with Gasteiger partial charge in [-0.15, -0.1) is 0 Å². The van der Waals surface area contributed by atoms with Gasteiger partial charge in [-0.2, -0.15) is 0 Å². The molecule has 0 radical (unpaired) electrons. The number of rotatable bonds is 4. The number of esters is 1. The first kappa shape index (κ1) is 14.2. The lowest BCUT2D eigenvalue weighted by atomic mass is 10.1. The average molecular weight is 251 g/mol. The standard InChI is InChI=1S/C13H17NO4/c1-13(2,3)18-12(15)9-8-10-6-4-5-7-11(10)14(16)17/h4-7H,8-9H2,1-3H3. The molecule has 0 spiro atoms. The Labute approximate surface area is 106 Å². The van der Waals surface area contributed by atoms with Crippen LogP contribution in [0.2, 0.25) is 0 Å². The fraction of sp³-hybridized carbons (Fsp3) is 0.462. The van der Waals surface area contributed by atoms with Gasteiger partial charge in [-0.25, -0.2) is 0 Å². The van der Waals surface area contributed by atoms with Crippen molar-refractivity contribution in [3.8, 4) is 0 Å². The van der Waals surface area contributed by atoms with Crippen LogP contribution in [0.25, 0.3) is 0 Å². The van der Waals surface area contributed by atoms with E-state index in [1.54, 1.807) is 39.0 Å². The van der Waals surface area contributed by atoms with Crippen molar-refractivity contribution in [2.45, 2.75) is 39.2 Å². The summed E-state index contributed by atoms with van der Waals surface area (Å²) < 4.78 is 5.15. The second-order valence-corrected chi connectivity index (χ2v) is 4.97. The number of nitro groups is 1. The summed E-state index contributed by atoms with van der Waals surface area (Å²) in [6.45, 7) is 5.36. The highest BCUT2D eigenvalue weighted by Gasteiger charge is 2.18. The van der Waals surface area contributed by atoms with Gasteiger partial charge < -0.3 is 4.74 Å². The second-order valence-electron chi connectivity index (χ2n) is 4.97. The molecule has 0 aliphatic heterocycles. The van der Waals surface area contributed by atoms with Crippen molar-refractivity contribution in [2.24, 2.45) is 0 Å². The van der Waals surface area contributed by atoms with E-state index in [0.717, 1.165) is 0 Å². The molecular weight excluding hydrogens is 234 g/mol. The minimum atomic E-state index is -0.528. The van der Waals surface area contributed by atoms with Crippen molar-refractivity contribution in [2.75, 3.05) is 0 Å². The maximum atomic E-state index is 11.5. The van der Waals surface area contributed by atoms with E-state index in [2.05, 4.69) is 0 Å². The largest absolute Gasteiger partial charge is 0.460 e. The molecule has 5 heteroatoms. The molecule has 0 aromatic heterocycles. The zero-order chi connectivity index (χ0) is 13.8. The van der Waals surface area contributed by atoms with E-state index >= 15 is 0 Å². The molecule has 0 atom stereocenters. The lowest BCUT2D eigenvalue weighted by molar-refractivity contribution is -0.385. The smallest absolute Gasteiger partial charge is 0.306 e. The lowest BCUT2D eigenvalue weighted by Crippen LogP contribution is -2.24. The van der Waals surface area contributed by atoms with Gasteiger partial charge in [0.1, 0.15) is 5.60 Å². The summed E-state index contributed by atoms with van der Waals surface area (Å²) in [6.07, 6.45) is 0.453. The zero-order valence-corrected chi connectivity index (χ0v) is 10.8. The fourth-order valence-corrected chi connectivity index (χ4v) is 1.53. The molecule has 0 saturated carbocycles. The minimum Gasteiger partial charge on any atom is -0.460 e. The van der Waals surface area contributed by atoms with Crippen molar-refractivity contribution in [1.29, 1.82) is 0 Å². The number of carbonyl (C=O) groups excluding carboxylic acids is 1. The SMILES string of the molecule is CC(C)(C)OC(=O)CCc1ccccc1[N+](=O)[O-]. The van der Waals surface area contributed by atoms with Gasteiger partial charge in [0.15, 0.2) is 0 Å². The normalized spacial score (nSPS) is 11.1. The molecular formula is C13H17NO4. The Morgan fingerprint density at radius 1 is 1.33 bits per heavy atom. The summed E-state index contributed by atoms with van der Waals surface area (Å²) in [5.41, 5.74) is 0.0640. The predicted octanol–water partition coefficient (Wildman–Crippen LogP) is 2.87. The highest BCUT2D eigenvalue weighted by molar-refractivity contribution is 5.70. The number of nitrogens with zero attached hydrogens (tertiary/aromatic N) is 1. The monoisotopic (exact) mass is 251 g/mol. The molecule has 18 heavy (non-hydrogen) atoms. The molecule has 0 heterocycles. The first-order valence-electron chi connectivity index (χ1n) is 5.74. The molecule has 1 aromatic carbocycles. The number of para-hydroxylation sites is 1. The molecule has 98 valence electrons.